The molecule has 0 radical (unpaired) electrons. The number of carbonyl (C=O) groups is 1. The number of hydrogen-bond acceptors (Lipinski definition) is 3. The number of hydrogen-bond donors (Lipinski definition) is 3. The highest BCUT2D eigenvalue weighted by atomic mass is 16.3. The van der Waals surface area contributed by atoms with Gasteiger partial charge in [-0.05, 0) is 51.4 Å². The third-order valence-electron chi connectivity index (χ3n) is 12.6. The highest BCUT2D eigenvalue weighted by Crippen LogP contribution is 2.17. The minimum absolute atomic E-state index is 0.0619. The topological polar surface area (TPSA) is 69.6 Å². The molecule has 0 aliphatic carbocycles. The first kappa shape index (κ1) is 58.6. The van der Waals surface area contributed by atoms with E-state index in [1.54, 1.807) is 6.08 Å². The lowest BCUT2D eigenvalue weighted by Gasteiger charge is -2.20. The summed E-state index contributed by atoms with van der Waals surface area (Å²) in [6.45, 7) is 4.28. The molecule has 0 fully saturated rings. The molecule has 0 rings (SSSR count). The van der Waals surface area contributed by atoms with Crippen LogP contribution >= 0.6 is 0 Å². The Morgan fingerprint density at radius 3 is 1.00 bits per heavy atom. The molecule has 0 aromatic heterocycles. The summed E-state index contributed by atoms with van der Waals surface area (Å²) in [7, 11) is 0. The quantitative estimate of drug-likeness (QED) is 0.0422. The highest BCUT2D eigenvalue weighted by Gasteiger charge is 2.18. The van der Waals surface area contributed by atoms with Crippen molar-refractivity contribution >= 4 is 5.91 Å². The number of nitrogens with one attached hydrogen (secondary N) is 1. The average Bonchev–Trinajstić information content (AvgIpc) is 3.25. The van der Waals surface area contributed by atoms with Crippen LogP contribution in [0.15, 0.2) is 36.5 Å². The van der Waals surface area contributed by atoms with Gasteiger partial charge in [0.15, 0.2) is 0 Å². The highest BCUT2D eigenvalue weighted by molar-refractivity contribution is 5.76. The van der Waals surface area contributed by atoms with Crippen LogP contribution in [0.3, 0.4) is 0 Å². The first-order valence-corrected chi connectivity index (χ1v) is 27.2. The Bertz CT molecular complexity index is 912. The SMILES string of the molecule is CCCCCCC/C=C\C/C=C\CCCCCCCCCCCCCCCCCCCCCCCCCCCCCC(=O)NC(CO)C(O)/C=C/CCCCCCCCC. The van der Waals surface area contributed by atoms with Crippen molar-refractivity contribution < 1.29 is 15.0 Å². The van der Waals surface area contributed by atoms with Gasteiger partial charge in [0.2, 0.25) is 5.91 Å². The molecule has 0 aromatic rings. The second kappa shape index (κ2) is 52.0. The monoisotopic (exact) mass is 842 g/mol. The Balaban J connectivity index is 3.34. The van der Waals surface area contributed by atoms with Crippen molar-refractivity contribution in [2.24, 2.45) is 0 Å². The first-order chi connectivity index (χ1) is 29.7. The molecule has 0 bridgehead atoms. The largest absolute Gasteiger partial charge is 0.394 e. The maximum absolute atomic E-state index is 12.4. The maximum Gasteiger partial charge on any atom is 0.220 e. The number of unbranched alkanes of at least 4 members (excludes halogenated alkanes) is 39. The van der Waals surface area contributed by atoms with E-state index in [2.05, 4.69) is 43.5 Å². The summed E-state index contributed by atoms with van der Waals surface area (Å²) in [5.74, 6) is -0.0619. The second-order valence-corrected chi connectivity index (χ2v) is 18.7. The van der Waals surface area contributed by atoms with Gasteiger partial charge in [-0.15, -0.1) is 0 Å². The van der Waals surface area contributed by atoms with Gasteiger partial charge in [-0.25, -0.2) is 0 Å². The number of aliphatic hydroxyl groups excluding tert-OH is 2. The molecule has 0 heterocycles. The zero-order valence-electron chi connectivity index (χ0n) is 40.7. The van der Waals surface area contributed by atoms with E-state index in [1.165, 1.54) is 244 Å². The Morgan fingerprint density at radius 1 is 0.400 bits per heavy atom. The van der Waals surface area contributed by atoms with E-state index in [1.807, 2.05) is 6.08 Å². The minimum Gasteiger partial charge on any atom is -0.394 e. The molecule has 2 atom stereocenters. The molecule has 0 saturated heterocycles. The summed E-state index contributed by atoms with van der Waals surface area (Å²) >= 11 is 0. The molecular weight excluding hydrogens is 735 g/mol. The van der Waals surface area contributed by atoms with Crippen LogP contribution in [0.1, 0.15) is 296 Å². The van der Waals surface area contributed by atoms with Crippen LogP contribution in [-0.4, -0.2) is 34.9 Å². The van der Waals surface area contributed by atoms with Crippen LogP contribution in [0.2, 0.25) is 0 Å². The molecule has 0 aliphatic rings. The van der Waals surface area contributed by atoms with Gasteiger partial charge in [-0.1, -0.05) is 275 Å². The van der Waals surface area contributed by atoms with Crippen molar-refractivity contribution in [2.75, 3.05) is 6.61 Å². The van der Waals surface area contributed by atoms with Crippen LogP contribution < -0.4 is 5.32 Å². The standard InChI is InChI=1S/C56H107NO3/c1-3-5-7-9-11-13-14-15-16-17-18-19-20-21-22-23-24-25-26-27-28-29-30-31-32-33-34-35-36-37-38-39-40-41-42-44-46-48-50-52-56(60)57-54(53-58)55(59)51-49-47-45-43-12-10-8-6-4-2/h14-15,17-18,49,51,54-55,58-59H,3-13,16,19-48,50,52-53H2,1-2H3,(H,57,60)/b15-14-,18-17-,51-49+. The minimum atomic E-state index is -0.834. The normalized spacial score (nSPS) is 13.1. The van der Waals surface area contributed by atoms with Gasteiger partial charge in [0, 0.05) is 6.42 Å². The number of rotatable bonds is 50. The van der Waals surface area contributed by atoms with Crippen molar-refractivity contribution in [3.63, 3.8) is 0 Å². The van der Waals surface area contributed by atoms with Crippen LogP contribution in [0, 0.1) is 0 Å². The van der Waals surface area contributed by atoms with Crippen molar-refractivity contribution in [3.05, 3.63) is 36.5 Å². The molecule has 4 heteroatoms. The van der Waals surface area contributed by atoms with E-state index in [9.17, 15) is 15.0 Å². The molecule has 354 valence electrons. The van der Waals surface area contributed by atoms with E-state index in [0.29, 0.717) is 6.42 Å². The lowest BCUT2D eigenvalue weighted by Crippen LogP contribution is -2.45. The molecule has 3 N–H and O–H groups in total. The summed E-state index contributed by atoms with van der Waals surface area (Å²) in [6.07, 6.45) is 70.4. The van der Waals surface area contributed by atoms with Crippen molar-refractivity contribution in [1.29, 1.82) is 0 Å². The lowest BCUT2D eigenvalue weighted by molar-refractivity contribution is -0.123. The fraction of sp³-hybridized carbons (Fsp3) is 0.875. The Labute approximate surface area is 376 Å². The smallest absolute Gasteiger partial charge is 0.220 e. The van der Waals surface area contributed by atoms with Gasteiger partial charge in [0.25, 0.3) is 0 Å². The third kappa shape index (κ3) is 47.7. The Kier molecular flexibility index (Phi) is 50.8. The average molecular weight is 842 g/mol. The fourth-order valence-electron chi connectivity index (χ4n) is 8.45. The second-order valence-electron chi connectivity index (χ2n) is 18.7. The van der Waals surface area contributed by atoms with Gasteiger partial charge in [0.1, 0.15) is 0 Å². The summed E-state index contributed by atoms with van der Waals surface area (Å²) in [5.41, 5.74) is 0. The predicted octanol–water partition coefficient (Wildman–Crippen LogP) is 17.7. The fourth-order valence-corrected chi connectivity index (χ4v) is 8.45. The van der Waals surface area contributed by atoms with E-state index in [-0.39, 0.29) is 12.5 Å². The summed E-state index contributed by atoms with van der Waals surface area (Å²) in [5, 5.41) is 22.9. The number of allylic oxidation sites excluding steroid dienone is 5. The molecule has 0 saturated carbocycles. The van der Waals surface area contributed by atoms with Gasteiger partial charge in [-0.2, -0.15) is 0 Å². The van der Waals surface area contributed by atoms with E-state index in [4.69, 9.17) is 0 Å². The maximum atomic E-state index is 12.4. The summed E-state index contributed by atoms with van der Waals surface area (Å²) in [4.78, 5) is 12.4. The molecule has 60 heavy (non-hydrogen) atoms. The van der Waals surface area contributed by atoms with Gasteiger partial charge >= 0.3 is 0 Å². The van der Waals surface area contributed by atoms with Gasteiger partial charge in [0.05, 0.1) is 18.8 Å². The Morgan fingerprint density at radius 2 is 0.683 bits per heavy atom. The molecule has 1 amide bonds. The van der Waals surface area contributed by atoms with Crippen LogP contribution in [0.5, 0.6) is 0 Å². The predicted molar refractivity (Wildman–Crippen MR) is 267 cm³/mol. The first-order valence-electron chi connectivity index (χ1n) is 27.2. The van der Waals surface area contributed by atoms with E-state index < -0.39 is 12.1 Å². The lowest BCUT2D eigenvalue weighted by atomic mass is 10.0. The number of aliphatic hydroxyl groups is 2. The zero-order valence-corrected chi connectivity index (χ0v) is 40.7. The number of amides is 1. The molecule has 0 aromatic carbocycles. The van der Waals surface area contributed by atoms with Crippen LogP contribution in [0.4, 0.5) is 0 Å². The molecule has 2 unspecified atom stereocenters. The van der Waals surface area contributed by atoms with E-state index in [0.717, 1.165) is 32.1 Å². The third-order valence-corrected chi connectivity index (χ3v) is 12.6. The zero-order chi connectivity index (χ0) is 43.5. The van der Waals surface area contributed by atoms with Crippen molar-refractivity contribution in [1.82, 2.24) is 5.32 Å². The molecular formula is C56H107NO3. The van der Waals surface area contributed by atoms with Crippen molar-refractivity contribution in [3.8, 4) is 0 Å². The molecule has 0 spiro atoms. The van der Waals surface area contributed by atoms with Gasteiger partial charge in [-0.3, -0.25) is 4.79 Å². The van der Waals surface area contributed by atoms with E-state index >= 15 is 0 Å². The molecule has 4 nitrogen and oxygen atoms in total. The summed E-state index contributed by atoms with van der Waals surface area (Å²) < 4.78 is 0. The van der Waals surface area contributed by atoms with Crippen LogP contribution in [-0.2, 0) is 4.79 Å². The Hall–Kier alpha value is -1.39. The van der Waals surface area contributed by atoms with Gasteiger partial charge < -0.3 is 15.5 Å². The molecule has 0 aliphatic heterocycles. The van der Waals surface area contributed by atoms with Crippen LogP contribution in [0.25, 0.3) is 0 Å². The summed E-state index contributed by atoms with van der Waals surface area (Å²) in [6, 6.07) is -0.617. The van der Waals surface area contributed by atoms with Crippen molar-refractivity contribution in [2.45, 2.75) is 309 Å². The number of carbonyl (C=O) groups excluding carboxylic acids is 1.